The van der Waals surface area contributed by atoms with Crippen LogP contribution in [0.2, 0.25) is 0 Å². The molecule has 1 unspecified atom stereocenters. The molecule has 1 atom stereocenters. The van der Waals surface area contributed by atoms with E-state index in [0.717, 1.165) is 40.9 Å². The molecule has 16 heavy (non-hydrogen) atoms. The average Bonchev–Trinajstić information content (AvgIpc) is 2.73. The summed E-state index contributed by atoms with van der Waals surface area (Å²) >= 11 is 3.42. The number of aromatic amines is 1. The van der Waals surface area contributed by atoms with E-state index in [1.807, 2.05) is 0 Å². The molecule has 0 radical (unpaired) electrons. The topological polar surface area (TPSA) is 49.9 Å². The number of pyridine rings is 1. The number of H-pyrrole nitrogens is 1. The zero-order chi connectivity index (χ0) is 11.0. The Bertz CT molecular complexity index is 505. The number of hydrogen-bond acceptors (Lipinski definition) is 3. The summed E-state index contributed by atoms with van der Waals surface area (Å²) in [5.41, 5.74) is 2.00. The Labute approximate surface area is 102 Å². The predicted octanol–water partition coefficient (Wildman–Crippen LogP) is 1.99. The van der Waals surface area contributed by atoms with E-state index in [1.54, 1.807) is 6.20 Å². The van der Waals surface area contributed by atoms with E-state index in [9.17, 15) is 0 Å². The fourth-order valence-corrected chi connectivity index (χ4v) is 2.30. The van der Waals surface area contributed by atoms with Gasteiger partial charge in [0, 0.05) is 34.8 Å². The number of morpholine rings is 1. The molecule has 1 fully saturated rings. The van der Waals surface area contributed by atoms with E-state index in [4.69, 9.17) is 4.74 Å². The Morgan fingerprint density at radius 2 is 2.38 bits per heavy atom. The molecule has 0 saturated carbocycles. The second-order valence-corrected chi connectivity index (χ2v) is 4.80. The third kappa shape index (κ3) is 1.86. The number of halogens is 1. The normalized spacial score (nSPS) is 21.4. The predicted molar refractivity (Wildman–Crippen MR) is 65.4 cm³/mol. The maximum atomic E-state index is 5.69. The first-order chi connectivity index (χ1) is 7.83. The summed E-state index contributed by atoms with van der Waals surface area (Å²) in [6.45, 7) is 2.55. The summed E-state index contributed by atoms with van der Waals surface area (Å²) in [7, 11) is 0. The van der Waals surface area contributed by atoms with E-state index < -0.39 is 0 Å². The van der Waals surface area contributed by atoms with Crippen LogP contribution in [0.3, 0.4) is 0 Å². The summed E-state index contributed by atoms with van der Waals surface area (Å²) in [6.07, 6.45) is 1.91. The third-order valence-electron chi connectivity index (χ3n) is 2.73. The van der Waals surface area contributed by atoms with Gasteiger partial charge in [-0.05, 0) is 28.1 Å². The molecule has 1 aliphatic rings. The highest BCUT2D eigenvalue weighted by molar-refractivity contribution is 9.10. The zero-order valence-electron chi connectivity index (χ0n) is 8.66. The molecule has 0 aliphatic carbocycles. The van der Waals surface area contributed by atoms with Crippen LogP contribution in [-0.2, 0) is 4.74 Å². The van der Waals surface area contributed by atoms with E-state index >= 15 is 0 Å². The van der Waals surface area contributed by atoms with E-state index in [0.29, 0.717) is 0 Å². The van der Waals surface area contributed by atoms with Crippen LogP contribution < -0.4 is 5.32 Å². The SMILES string of the molecule is Brc1cnc2[nH]c(C3CNCCO3)cc2c1. The summed E-state index contributed by atoms with van der Waals surface area (Å²) < 4.78 is 6.68. The van der Waals surface area contributed by atoms with Crippen LogP contribution in [0.15, 0.2) is 22.8 Å². The quantitative estimate of drug-likeness (QED) is 0.841. The molecule has 0 bridgehead atoms. The molecule has 3 heterocycles. The van der Waals surface area contributed by atoms with Gasteiger partial charge in [-0.1, -0.05) is 0 Å². The molecule has 1 aliphatic heterocycles. The Morgan fingerprint density at radius 1 is 1.44 bits per heavy atom. The van der Waals surface area contributed by atoms with Crippen LogP contribution in [0.5, 0.6) is 0 Å². The smallest absolute Gasteiger partial charge is 0.137 e. The number of ether oxygens (including phenoxy) is 1. The minimum absolute atomic E-state index is 0.113. The molecule has 2 aromatic heterocycles. The van der Waals surface area contributed by atoms with Crippen molar-refractivity contribution in [3.63, 3.8) is 0 Å². The van der Waals surface area contributed by atoms with Crippen molar-refractivity contribution in [1.82, 2.24) is 15.3 Å². The molecule has 0 amide bonds. The maximum absolute atomic E-state index is 5.69. The number of hydrogen-bond donors (Lipinski definition) is 2. The zero-order valence-corrected chi connectivity index (χ0v) is 10.3. The van der Waals surface area contributed by atoms with Crippen LogP contribution in [0.25, 0.3) is 11.0 Å². The maximum Gasteiger partial charge on any atom is 0.137 e. The molecule has 4 nitrogen and oxygen atoms in total. The second-order valence-electron chi connectivity index (χ2n) is 3.88. The Morgan fingerprint density at radius 3 is 3.19 bits per heavy atom. The highest BCUT2D eigenvalue weighted by Gasteiger charge is 2.17. The van der Waals surface area contributed by atoms with Gasteiger partial charge in [-0.2, -0.15) is 0 Å². The second kappa shape index (κ2) is 4.16. The average molecular weight is 282 g/mol. The summed E-state index contributed by atoms with van der Waals surface area (Å²) in [6, 6.07) is 4.16. The van der Waals surface area contributed by atoms with Crippen LogP contribution in [0, 0.1) is 0 Å². The number of nitrogens with one attached hydrogen (secondary N) is 2. The Hall–Kier alpha value is -0.910. The number of nitrogens with zero attached hydrogens (tertiary/aromatic N) is 1. The van der Waals surface area contributed by atoms with Crippen molar-refractivity contribution < 1.29 is 4.74 Å². The molecule has 5 heteroatoms. The van der Waals surface area contributed by atoms with Crippen LogP contribution in [-0.4, -0.2) is 29.7 Å². The van der Waals surface area contributed by atoms with Crippen molar-refractivity contribution in [2.24, 2.45) is 0 Å². The lowest BCUT2D eigenvalue weighted by atomic mass is 10.2. The minimum atomic E-state index is 0.113. The molecular formula is C11H12BrN3O. The Balaban J connectivity index is 1.97. The standard InChI is InChI=1S/C11H12BrN3O/c12-8-3-7-4-9(15-11(7)14-5-8)10-6-13-1-2-16-10/h3-5,10,13H,1-2,6H2,(H,14,15). The summed E-state index contributed by atoms with van der Waals surface area (Å²) in [4.78, 5) is 7.61. The molecule has 0 spiro atoms. The van der Waals surface area contributed by atoms with E-state index in [2.05, 4.69) is 43.3 Å². The first-order valence-electron chi connectivity index (χ1n) is 5.29. The van der Waals surface area contributed by atoms with E-state index in [1.165, 1.54) is 0 Å². The lowest BCUT2D eigenvalue weighted by Gasteiger charge is -2.22. The lowest BCUT2D eigenvalue weighted by Crippen LogP contribution is -2.33. The van der Waals surface area contributed by atoms with Gasteiger partial charge in [0.1, 0.15) is 11.8 Å². The van der Waals surface area contributed by atoms with Gasteiger partial charge in [0.25, 0.3) is 0 Å². The van der Waals surface area contributed by atoms with Crippen LogP contribution >= 0.6 is 15.9 Å². The van der Waals surface area contributed by atoms with Gasteiger partial charge in [0.15, 0.2) is 0 Å². The van der Waals surface area contributed by atoms with Crippen molar-refractivity contribution in [2.45, 2.75) is 6.10 Å². The van der Waals surface area contributed by atoms with Crippen LogP contribution in [0.1, 0.15) is 11.8 Å². The van der Waals surface area contributed by atoms with Gasteiger partial charge < -0.3 is 15.0 Å². The summed E-state index contributed by atoms with van der Waals surface area (Å²) in [5.74, 6) is 0. The molecular weight excluding hydrogens is 270 g/mol. The number of rotatable bonds is 1. The van der Waals surface area contributed by atoms with Gasteiger partial charge in [0.2, 0.25) is 0 Å². The monoisotopic (exact) mass is 281 g/mol. The fourth-order valence-electron chi connectivity index (χ4n) is 1.95. The van der Waals surface area contributed by atoms with Crippen molar-refractivity contribution in [2.75, 3.05) is 19.7 Å². The number of fused-ring (bicyclic) bond motifs is 1. The fraction of sp³-hybridized carbons (Fsp3) is 0.364. The van der Waals surface area contributed by atoms with Gasteiger partial charge in [-0.25, -0.2) is 4.98 Å². The van der Waals surface area contributed by atoms with Gasteiger partial charge >= 0.3 is 0 Å². The highest BCUT2D eigenvalue weighted by Crippen LogP contribution is 2.24. The largest absolute Gasteiger partial charge is 0.369 e. The first kappa shape index (κ1) is 10.3. The molecule has 0 aromatic carbocycles. The van der Waals surface area contributed by atoms with Crippen LogP contribution in [0.4, 0.5) is 0 Å². The molecule has 84 valence electrons. The summed E-state index contributed by atoms with van der Waals surface area (Å²) in [5, 5.41) is 4.42. The first-order valence-corrected chi connectivity index (χ1v) is 6.09. The van der Waals surface area contributed by atoms with Crippen molar-refractivity contribution in [1.29, 1.82) is 0 Å². The molecule has 2 N–H and O–H groups in total. The van der Waals surface area contributed by atoms with Crippen molar-refractivity contribution in [3.8, 4) is 0 Å². The number of aromatic nitrogens is 2. The highest BCUT2D eigenvalue weighted by atomic mass is 79.9. The Kier molecular flexibility index (Phi) is 2.67. The van der Waals surface area contributed by atoms with Gasteiger partial charge in [0.05, 0.1) is 6.61 Å². The molecule has 1 saturated heterocycles. The van der Waals surface area contributed by atoms with Gasteiger partial charge in [-0.3, -0.25) is 0 Å². The minimum Gasteiger partial charge on any atom is -0.369 e. The van der Waals surface area contributed by atoms with E-state index in [-0.39, 0.29) is 6.10 Å². The van der Waals surface area contributed by atoms with Gasteiger partial charge in [-0.15, -0.1) is 0 Å². The molecule has 3 rings (SSSR count). The lowest BCUT2D eigenvalue weighted by molar-refractivity contribution is 0.0255. The third-order valence-corrected chi connectivity index (χ3v) is 3.17. The van der Waals surface area contributed by atoms with Crippen molar-refractivity contribution >= 4 is 27.0 Å². The van der Waals surface area contributed by atoms with Crippen molar-refractivity contribution in [3.05, 3.63) is 28.5 Å². The molecule has 2 aromatic rings.